The van der Waals surface area contributed by atoms with Crippen LogP contribution in [0, 0.1) is 0 Å². The third kappa shape index (κ3) is 13.3. The molecule has 0 unspecified atom stereocenters. The van der Waals surface area contributed by atoms with Crippen molar-refractivity contribution in [2.24, 2.45) is 0 Å². The van der Waals surface area contributed by atoms with Gasteiger partial charge in [0, 0.05) is 61.9 Å². The van der Waals surface area contributed by atoms with Crippen LogP contribution < -0.4 is 20.9 Å². The Hall–Kier alpha value is -7.47. The topological polar surface area (TPSA) is 249 Å². The Balaban J connectivity index is 0.000000178. The minimum Gasteiger partial charge on any atom is -0.473 e. The Morgan fingerprint density at radius 3 is 1.24 bits per heavy atom. The minimum atomic E-state index is -4.67. The average molecular weight is 815 g/mol. The van der Waals surface area contributed by atoms with E-state index in [0.717, 1.165) is 44.8 Å². The van der Waals surface area contributed by atoms with Crippen LogP contribution in [-0.2, 0) is 36.5 Å². The molecule has 0 amide bonds. The van der Waals surface area contributed by atoms with Crippen LogP contribution in [0.4, 0.5) is 11.6 Å². The van der Waals surface area contributed by atoms with E-state index in [1.807, 2.05) is 97.1 Å². The fourth-order valence-electron chi connectivity index (χ4n) is 5.40. The molecule has 8 aromatic rings. The van der Waals surface area contributed by atoms with Crippen LogP contribution in [0.5, 0.6) is 11.8 Å². The highest BCUT2D eigenvalue weighted by molar-refractivity contribution is 7.79. The zero-order valence-electron chi connectivity index (χ0n) is 31.3. The summed E-state index contributed by atoms with van der Waals surface area (Å²) in [5.41, 5.74) is 19.4. The number of ether oxygens (including phenoxy) is 2. The van der Waals surface area contributed by atoms with Crippen molar-refractivity contribution in [2.45, 2.75) is 26.1 Å². The smallest absolute Gasteiger partial charge is 0.394 e. The summed E-state index contributed by atoms with van der Waals surface area (Å²) in [6.07, 6.45) is 8.06. The van der Waals surface area contributed by atoms with Crippen LogP contribution >= 0.6 is 0 Å². The van der Waals surface area contributed by atoms with Gasteiger partial charge in [-0.05, 0) is 58.7 Å². The van der Waals surface area contributed by atoms with Gasteiger partial charge in [-0.25, -0.2) is 19.9 Å². The molecule has 300 valence electrons. The maximum Gasteiger partial charge on any atom is 0.394 e. The lowest BCUT2D eigenvalue weighted by molar-refractivity contribution is 0.294. The highest BCUT2D eigenvalue weighted by Crippen LogP contribution is 2.27. The minimum absolute atomic E-state index is 0.428. The molecule has 16 nitrogen and oxygen atoms in total. The fraction of sp³-hybridized carbons (Fsp3) is 0.0952. The zero-order valence-corrected chi connectivity index (χ0v) is 32.1. The van der Waals surface area contributed by atoms with Crippen molar-refractivity contribution < 1.29 is 36.0 Å². The normalized spacial score (nSPS) is 10.7. The molecule has 0 saturated heterocycles. The molecule has 6 aromatic heterocycles. The van der Waals surface area contributed by atoms with Gasteiger partial charge in [0.15, 0.2) is 11.5 Å². The average Bonchev–Trinajstić information content (AvgIpc) is 3.91. The maximum absolute atomic E-state index is 8.74. The second kappa shape index (κ2) is 20.1. The molecule has 6 heterocycles. The molecule has 59 heavy (non-hydrogen) atoms. The van der Waals surface area contributed by atoms with Crippen LogP contribution in [0.1, 0.15) is 33.6 Å². The predicted octanol–water partition coefficient (Wildman–Crippen LogP) is 7.11. The number of nitrogens with zero attached hydrogens (tertiary/aromatic N) is 6. The van der Waals surface area contributed by atoms with Gasteiger partial charge in [0.1, 0.15) is 24.8 Å². The third-order valence-corrected chi connectivity index (χ3v) is 8.19. The van der Waals surface area contributed by atoms with Crippen molar-refractivity contribution in [1.82, 2.24) is 30.2 Å². The van der Waals surface area contributed by atoms with Gasteiger partial charge in [0.05, 0.1) is 22.5 Å². The third-order valence-electron chi connectivity index (χ3n) is 8.19. The highest BCUT2D eigenvalue weighted by atomic mass is 32.3. The van der Waals surface area contributed by atoms with Crippen LogP contribution in [-0.4, -0.2) is 47.8 Å². The largest absolute Gasteiger partial charge is 0.473 e. The molecule has 0 aliphatic carbocycles. The van der Waals surface area contributed by atoms with Crippen molar-refractivity contribution in [3.63, 3.8) is 0 Å². The van der Waals surface area contributed by atoms with E-state index in [4.69, 9.17) is 47.5 Å². The Morgan fingerprint density at radius 2 is 0.881 bits per heavy atom. The first-order chi connectivity index (χ1) is 28.6. The van der Waals surface area contributed by atoms with Gasteiger partial charge in [-0.3, -0.25) is 9.11 Å². The SMILES string of the molecule is Nc1ncccc1-c1cc(Cc2ccc(COc3ccccn3)cc2)no1.Nc1ncccc1-c1cc(Cc2ccc(COc3ccccn3)cc2)no1.O=S(=O)(O)O. The van der Waals surface area contributed by atoms with E-state index in [0.29, 0.717) is 61.0 Å². The lowest BCUT2D eigenvalue weighted by Crippen LogP contribution is -1.97. The molecule has 0 saturated carbocycles. The van der Waals surface area contributed by atoms with E-state index in [-0.39, 0.29) is 0 Å². The molecule has 0 bridgehead atoms. The van der Waals surface area contributed by atoms with Crippen LogP contribution in [0.25, 0.3) is 22.6 Å². The van der Waals surface area contributed by atoms with Gasteiger partial charge >= 0.3 is 10.4 Å². The van der Waals surface area contributed by atoms with E-state index in [9.17, 15) is 0 Å². The summed E-state index contributed by atoms with van der Waals surface area (Å²) in [4.78, 5) is 16.4. The Kier molecular flexibility index (Phi) is 14.0. The van der Waals surface area contributed by atoms with Crippen molar-refractivity contribution in [1.29, 1.82) is 0 Å². The quantitative estimate of drug-likeness (QED) is 0.0897. The lowest BCUT2D eigenvalue weighted by atomic mass is 10.1. The maximum atomic E-state index is 8.74. The Morgan fingerprint density at radius 1 is 0.508 bits per heavy atom. The van der Waals surface area contributed by atoms with E-state index < -0.39 is 10.4 Å². The number of anilines is 2. The fourth-order valence-corrected chi connectivity index (χ4v) is 5.40. The summed E-state index contributed by atoms with van der Waals surface area (Å²) < 4.78 is 53.7. The summed E-state index contributed by atoms with van der Waals surface area (Å²) in [6, 6.07) is 38.8. The van der Waals surface area contributed by atoms with Gasteiger partial charge in [0.2, 0.25) is 11.8 Å². The number of benzene rings is 2. The molecule has 0 atom stereocenters. The molecule has 0 spiro atoms. The van der Waals surface area contributed by atoms with Crippen molar-refractivity contribution in [2.75, 3.05) is 11.5 Å². The van der Waals surface area contributed by atoms with Crippen molar-refractivity contribution in [3.8, 4) is 34.4 Å². The van der Waals surface area contributed by atoms with E-state index >= 15 is 0 Å². The zero-order chi connectivity index (χ0) is 41.5. The van der Waals surface area contributed by atoms with Crippen LogP contribution in [0.2, 0.25) is 0 Å². The second-order valence-corrected chi connectivity index (χ2v) is 13.5. The van der Waals surface area contributed by atoms with Gasteiger partial charge < -0.3 is 30.0 Å². The molecule has 0 aliphatic rings. The lowest BCUT2D eigenvalue weighted by Gasteiger charge is -2.05. The van der Waals surface area contributed by atoms with Crippen molar-refractivity contribution >= 4 is 22.0 Å². The number of pyridine rings is 4. The van der Waals surface area contributed by atoms with Gasteiger partial charge in [-0.15, -0.1) is 0 Å². The van der Waals surface area contributed by atoms with Gasteiger partial charge in [-0.1, -0.05) is 71.0 Å². The van der Waals surface area contributed by atoms with Crippen LogP contribution in [0.3, 0.4) is 0 Å². The molecule has 0 radical (unpaired) electrons. The first-order valence-corrected chi connectivity index (χ1v) is 19.2. The Bertz CT molecular complexity index is 2450. The Labute approximate surface area is 339 Å². The molecule has 6 N–H and O–H groups in total. The monoisotopic (exact) mass is 814 g/mol. The van der Waals surface area contributed by atoms with Gasteiger partial charge in [0.25, 0.3) is 0 Å². The summed E-state index contributed by atoms with van der Waals surface area (Å²) >= 11 is 0. The number of nitrogens with two attached hydrogens (primary N) is 2. The van der Waals surface area contributed by atoms with Gasteiger partial charge in [-0.2, -0.15) is 8.42 Å². The summed E-state index contributed by atoms with van der Waals surface area (Å²) in [6.45, 7) is 0.956. The summed E-state index contributed by atoms with van der Waals surface area (Å²) in [7, 11) is -4.67. The molecular formula is C42H38N8O8S. The van der Waals surface area contributed by atoms with Crippen LogP contribution in [0.15, 0.2) is 155 Å². The van der Waals surface area contributed by atoms with E-state index in [1.165, 1.54) is 0 Å². The molecular weight excluding hydrogens is 777 g/mol. The molecule has 0 aliphatic heterocycles. The molecule has 0 fully saturated rings. The summed E-state index contributed by atoms with van der Waals surface area (Å²) in [5, 5.41) is 8.27. The molecule has 17 heteroatoms. The first-order valence-electron chi connectivity index (χ1n) is 17.8. The standard InChI is InChI=1S/2C21H18N4O2.H2O4S/c2*22-21-18(4-3-11-24-21)19-13-17(25-27-19)12-15-6-8-16(9-7-15)14-26-20-5-1-2-10-23-20;1-5(2,3)4/h2*1-11,13H,12,14H2,(H2,22,24);(H2,1,2,3,4). The summed E-state index contributed by atoms with van der Waals surface area (Å²) in [5.74, 6) is 3.33. The number of aromatic nitrogens is 6. The number of nitrogen functional groups attached to an aromatic ring is 2. The van der Waals surface area contributed by atoms with Crippen molar-refractivity contribution in [3.05, 3.63) is 180 Å². The predicted molar refractivity (Wildman–Crippen MR) is 218 cm³/mol. The molecule has 2 aromatic carbocycles. The second-order valence-electron chi connectivity index (χ2n) is 12.6. The number of hydrogen-bond donors (Lipinski definition) is 4. The highest BCUT2D eigenvalue weighted by Gasteiger charge is 2.12. The number of hydrogen-bond acceptors (Lipinski definition) is 14. The molecule has 8 rings (SSSR count). The number of rotatable bonds is 12. The first kappa shape index (κ1) is 41.2. The van der Waals surface area contributed by atoms with E-state index in [1.54, 1.807) is 24.8 Å². The van der Waals surface area contributed by atoms with E-state index in [2.05, 4.69) is 54.5 Å².